The third-order valence-corrected chi connectivity index (χ3v) is 11.2. The summed E-state index contributed by atoms with van der Waals surface area (Å²) in [6.45, 7) is 6.52. The van der Waals surface area contributed by atoms with E-state index in [0.717, 1.165) is 70.6 Å². The standard InChI is InChI=1S/C57H98O6/c1-4-7-10-13-16-19-21-23-25-27-28-30-31-33-35-38-41-44-47-50-56(59)62-53-54(52-61-55(58)49-46-43-40-37-18-15-12-9-6-3)63-57(60)51-48-45-42-39-36-34-32-29-26-24-22-20-17-14-11-8-5-2/h16-17,19-20,23-26,32,34,39,42,54H,4-15,18,21-22,27-31,33,35-38,40-41,43-53H2,1-3H3/b19-16-,20-17-,25-23-,26-24-,34-32-,42-39-/t54-/m1/s1. The molecule has 0 radical (unpaired) electrons. The van der Waals surface area contributed by atoms with Crippen LogP contribution in [0.4, 0.5) is 0 Å². The third-order valence-electron chi connectivity index (χ3n) is 11.2. The van der Waals surface area contributed by atoms with Gasteiger partial charge >= 0.3 is 17.9 Å². The molecule has 0 bridgehead atoms. The van der Waals surface area contributed by atoms with Crippen LogP contribution in [-0.2, 0) is 28.6 Å². The number of rotatable bonds is 47. The molecule has 362 valence electrons. The molecule has 0 saturated heterocycles. The molecule has 0 amide bonds. The van der Waals surface area contributed by atoms with Gasteiger partial charge in [0, 0.05) is 19.3 Å². The lowest BCUT2D eigenvalue weighted by Gasteiger charge is -2.18. The molecule has 0 rings (SSSR count). The highest BCUT2D eigenvalue weighted by atomic mass is 16.6. The number of unbranched alkanes of at least 4 members (excludes halogenated alkanes) is 24. The van der Waals surface area contributed by atoms with Crippen LogP contribution < -0.4 is 0 Å². The Morgan fingerprint density at radius 3 is 0.968 bits per heavy atom. The summed E-state index contributed by atoms with van der Waals surface area (Å²) in [7, 11) is 0. The maximum atomic E-state index is 12.8. The number of ether oxygens (including phenoxy) is 3. The molecule has 1 atom stereocenters. The maximum absolute atomic E-state index is 12.8. The molecule has 6 heteroatoms. The van der Waals surface area contributed by atoms with E-state index < -0.39 is 6.10 Å². The summed E-state index contributed by atoms with van der Waals surface area (Å²) in [4.78, 5) is 37.9. The fourth-order valence-corrected chi connectivity index (χ4v) is 7.17. The van der Waals surface area contributed by atoms with E-state index in [9.17, 15) is 14.4 Å². The lowest BCUT2D eigenvalue weighted by Crippen LogP contribution is -2.30. The molecule has 0 aliphatic heterocycles. The summed E-state index contributed by atoms with van der Waals surface area (Å²) in [5, 5.41) is 0. The Morgan fingerprint density at radius 1 is 0.317 bits per heavy atom. The van der Waals surface area contributed by atoms with Crippen LogP contribution in [0, 0.1) is 0 Å². The van der Waals surface area contributed by atoms with Crippen LogP contribution in [0.5, 0.6) is 0 Å². The Morgan fingerprint density at radius 2 is 0.587 bits per heavy atom. The molecule has 0 aromatic rings. The van der Waals surface area contributed by atoms with Crippen LogP contribution in [0.25, 0.3) is 0 Å². The van der Waals surface area contributed by atoms with E-state index in [0.29, 0.717) is 19.3 Å². The van der Waals surface area contributed by atoms with Crippen LogP contribution in [0.15, 0.2) is 72.9 Å². The Balaban J connectivity index is 4.39. The lowest BCUT2D eigenvalue weighted by molar-refractivity contribution is -0.167. The summed E-state index contributed by atoms with van der Waals surface area (Å²) >= 11 is 0. The molecule has 0 N–H and O–H groups in total. The third kappa shape index (κ3) is 49.7. The predicted octanol–water partition coefficient (Wildman–Crippen LogP) is 17.4. The zero-order valence-corrected chi connectivity index (χ0v) is 41.3. The molecule has 6 nitrogen and oxygen atoms in total. The van der Waals surface area contributed by atoms with Gasteiger partial charge in [0.25, 0.3) is 0 Å². The topological polar surface area (TPSA) is 78.9 Å². The monoisotopic (exact) mass is 879 g/mol. The zero-order chi connectivity index (χ0) is 45.8. The first kappa shape index (κ1) is 59.9. The van der Waals surface area contributed by atoms with E-state index in [1.165, 1.54) is 135 Å². The number of esters is 3. The minimum Gasteiger partial charge on any atom is -0.462 e. The van der Waals surface area contributed by atoms with Gasteiger partial charge in [0.1, 0.15) is 13.2 Å². The summed E-state index contributed by atoms with van der Waals surface area (Å²) in [6.07, 6.45) is 64.6. The Hall–Kier alpha value is -3.15. The van der Waals surface area contributed by atoms with Crippen molar-refractivity contribution in [3.8, 4) is 0 Å². The largest absolute Gasteiger partial charge is 0.462 e. The minimum atomic E-state index is -0.802. The number of carbonyl (C=O) groups is 3. The molecule has 0 heterocycles. The predicted molar refractivity (Wildman–Crippen MR) is 270 cm³/mol. The molecule has 0 aromatic heterocycles. The Labute approximate surface area is 389 Å². The summed E-state index contributed by atoms with van der Waals surface area (Å²) in [6, 6.07) is 0. The normalized spacial score (nSPS) is 12.6. The van der Waals surface area contributed by atoms with E-state index in [4.69, 9.17) is 14.2 Å². The molecule has 0 aromatic carbocycles. The highest BCUT2D eigenvalue weighted by Gasteiger charge is 2.19. The SMILES string of the molecule is CCCCC/C=C\C/C=C\C/C=C\C/C=C\CCCC(=O)O[C@H](COC(=O)CCCCCCCCCCC)COC(=O)CCCCCCCCCCC/C=C\C/C=C\CCCCC. The molecular weight excluding hydrogens is 781 g/mol. The number of hydrogen-bond donors (Lipinski definition) is 0. The first-order chi connectivity index (χ1) is 31.0. The van der Waals surface area contributed by atoms with Gasteiger partial charge in [0.2, 0.25) is 0 Å². The van der Waals surface area contributed by atoms with Gasteiger partial charge in [0.05, 0.1) is 0 Å². The Bertz CT molecular complexity index is 1190. The van der Waals surface area contributed by atoms with Crippen LogP contribution in [0.2, 0.25) is 0 Å². The molecular formula is C57H98O6. The highest BCUT2D eigenvalue weighted by molar-refractivity contribution is 5.71. The second-order valence-corrected chi connectivity index (χ2v) is 17.4. The van der Waals surface area contributed by atoms with E-state index in [1.807, 2.05) is 0 Å². The second kappa shape index (κ2) is 51.5. The fraction of sp³-hybridized carbons (Fsp3) is 0.737. The van der Waals surface area contributed by atoms with Gasteiger partial charge in [-0.1, -0.05) is 216 Å². The van der Waals surface area contributed by atoms with Crippen molar-refractivity contribution in [3.63, 3.8) is 0 Å². The van der Waals surface area contributed by atoms with Crippen LogP contribution in [-0.4, -0.2) is 37.2 Å². The maximum Gasteiger partial charge on any atom is 0.306 e. The average molecular weight is 879 g/mol. The molecule has 0 aliphatic carbocycles. The quantitative estimate of drug-likeness (QED) is 0.0262. The second-order valence-electron chi connectivity index (χ2n) is 17.4. The Kier molecular flexibility index (Phi) is 48.9. The van der Waals surface area contributed by atoms with Crippen molar-refractivity contribution in [1.82, 2.24) is 0 Å². The first-order valence-corrected chi connectivity index (χ1v) is 26.4. The molecule has 0 spiro atoms. The van der Waals surface area contributed by atoms with E-state index in [-0.39, 0.29) is 37.5 Å². The first-order valence-electron chi connectivity index (χ1n) is 26.4. The van der Waals surface area contributed by atoms with Crippen molar-refractivity contribution in [2.45, 2.75) is 258 Å². The van der Waals surface area contributed by atoms with Crippen LogP contribution >= 0.6 is 0 Å². The van der Waals surface area contributed by atoms with Crippen molar-refractivity contribution >= 4 is 17.9 Å². The van der Waals surface area contributed by atoms with Crippen molar-refractivity contribution < 1.29 is 28.6 Å². The van der Waals surface area contributed by atoms with E-state index in [2.05, 4.69) is 93.7 Å². The fourth-order valence-electron chi connectivity index (χ4n) is 7.17. The van der Waals surface area contributed by atoms with Crippen molar-refractivity contribution in [2.24, 2.45) is 0 Å². The van der Waals surface area contributed by atoms with Crippen molar-refractivity contribution in [3.05, 3.63) is 72.9 Å². The molecule has 0 saturated carbocycles. The zero-order valence-electron chi connectivity index (χ0n) is 41.3. The van der Waals surface area contributed by atoms with Crippen molar-refractivity contribution in [2.75, 3.05) is 13.2 Å². The van der Waals surface area contributed by atoms with E-state index >= 15 is 0 Å². The van der Waals surface area contributed by atoms with Gasteiger partial charge in [-0.15, -0.1) is 0 Å². The summed E-state index contributed by atoms with van der Waals surface area (Å²) in [5.41, 5.74) is 0. The number of allylic oxidation sites excluding steroid dienone is 12. The van der Waals surface area contributed by atoms with Gasteiger partial charge in [-0.2, -0.15) is 0 Å². The average Bonchev–Trinajstić information content (AvgIpc) is 3.28. The smallest absolute Gasteiger partial charge is 0.306 e. The number of hydrogen-bond acceptors (Lipinski definition) is 6. The summed E-state index contributed by atoms with van der Waals surface area (Å²) < 4.78 is 16.7. The summed E-state index contributed by atoms with van der Waals surface area (Å²) in [5.74, 6) is -0.959. The van der Waals surface area contributed by atoms with Gasteiger partial charge in [0.15, 0.2) is 6.10 Å². The molecule has 0 aliphatic rings. The molecule has 0 fully saturated rings. The van der Waals surface area contributed by atoms with E-state index in [1.54, 1.807) is 0 Å². The lowest BCUT2D eigenvalue weighted by atomic mass is 10.1. The van der Waals surface area contributed by atoms with Gasteiger partial charge in [-0.3, -0.25) is 14.4 Å². The highest BCUT2D eigenvalue weighted by Crippen LogP contribution is 2.14. The van der Waals surface area contributed by atoms with Gasteiger partial charge in [-0.25, -0.2) is 0 Å². The molecule has 63 heavy (non-hydrogen) atoms. The van der Waals surface area contributed by atoms with Gasteiger partial charge < -0.3 is 14.2 Å². The van der Waals surface area contributed by atoms with Crippen LogP contribution in [0.1, 0.15) is 252 Å². The minimum absolute atomic E-state index is 0.0972. The number of carbonyl (C=O) groups excluding carboxylic acids is 3. The van der Waals surface area contributed by atoms with Crippen molar-refractivity contribution in [1.29, 1.82) is 0 Å². The molecule has 0 unspecified atom stereocenters. The van der Waals surface area contributed by atoms with Gasteiger partial charge in [-0.05, 0) is 89.9 Å². The van der Waals surface area contributed by atoms with Crippen LogP contribution in [0.3, 0.4) is 0 Å².